The minimum Gasteiger partial charge on any atom is -0.481 e. The lowest BCUT2D eigenvalue weighted by atomic mass is 9.78. The normalized spacial score (nSPS) is 32.4. The molecule has 2 saturated carbocycles. The van der Waals surface area contributed by atoms with Crippen LogP contribution >= 0.6 is 0 Å². The van der Waals surface area contributed by atoms with Gasteiger partial charge in [0.15, 0.2) is 0 Å². The molecule has 3 heteroatoms. The molecule has 0 radical (unpaired) electrons. The highest BCUT2D eigenvalue weighted by atomic mass is 16.4. The predicted octanol–water partition coefficient (Wildman–Crippen LogP) is 1.63. The first kappa shape index (κ1) is 9.97. The van der Waals surface area contributed by atoms with Gasteiger partial charge in [0.25, 0.3) is 0 Å². The Labute approximate surface area is 84.9 Å². The van der Waals surface area contributed by atoms with Gasteiger partial charge in [-0.15, -0.1) is 0 Å². The van der Waals surface area contributed by atoms with Crippen molar-refractivity contribution in [1.82, 2.24) is 5.32 Å². The molecule has 0 saturated heterocycles. The molecule has 0 spiro atoms. The van der Waals surface area contributed by atoms with E-state index in [0.29, 0.717) is 0 Å². The van der Waals surface area contributed by atoms with Crippen molar-refractivity contribution in [1.29, 1.82) is 0 Å². The number of aliphatic carboxylic acids is 1. The van der Waals surface area contributed by atoms with Crippen molar-refractivity contribution in [2.75, 3.05) is 0 Å². The summed E-state index contributed by atoms with van der Waals surface area (Å²) in [6.45, 7) is 4.39. The zero-order chi connectivity index (χ0) is 10.3. The molecule has 3 nitrogen and oxygen atoms in total. The lowest BCUT2D eigenvalue weighted by Crippen LogP contribution is -2.56. The van der Waals surface area contributed by atoms with Gasteiger partial charge in [-0.3, -0.25) is 4.79 Å². The van der Waals surface area contributed by atoms with Crippen LogP contribution in [-0.2, 0) is 4.79 Å². The van der Waals surface area contributed by atoms with Crippen molar-refractivity contribution < 1.29 is 9.90 Å². The fourth-order valence-corrected chi connectivity index (χ4v) is 2.37. The van der Waals surface area contributed by atoms with Gasteiger partial charge in [0.2, 0.25) is 0 Å². The van der Waals surface area contributed by atoms with Crippen LogP contribution < -0.4 is 5.32 Å². The number of hydrogen-bond acceptors (Lipinski definition) is 2. The zero-order valence-electron chi connectivity index (χ0n) is 8.92. The summed E-state index contributed by atoms with van der Waals surface area (Å²) in [7, 11) is 0. The van der Waals surface area contributed by atoms with Crippen LogP contribution in [0.2, 0.25) is 0 Å². The first-order valence-corrected chi connectivity index (χ1v) is 5.51. The van der Waals surface area contributed by atoms with Crippen molar-refractivity contribution >= 4 is 5.97 Å². The van der Waals surface area contributed by atoms with Gasteiger partial charge in [-0.25, -0.2) is 0 Å². The Morgan fingerprint density at radius 3 is 2.29 bits per heavy atom. The molecule has 0 aliphatic heterocycles. The molecule has 2 fully saturated rings. The molecule has 2 aliphatic rings. The summed E-state index contributed by atoms with van der Waals surface area (Å²) in [6.07, 6.45) is 4.45. The van der Waals surface area contributed by atoms with E-state index in [-0.39, 0.29) is 17.5 Å². The molecule has 2 aliphatic carbocycles. The predicted molar refractivity (Wildman–Crippen MR) is 54.1 cm³/mol. The van der Waals surface area contributed by atoms with Gasteiger partial charge in [0.1, 0.15) is 0 Å². The summed E-state index contributed by atoms with van der Waals surface area (Å²) in [5, 5.41) is 12.4. The lowest BCUT2D eigenvalue weighted by Gasteiger charge is -2.41. The van der Waals surface area contributed by atoms with Crippen molar-refractivity contribution in [2.24, 2.45) is 11.8 Å². The van der Waals surface area contributed by atoms with Crippen LogP contribution in [0.4, 0.5) is 0 Å². The van der Waals surface area contributed by atoms with Crippen molar-refractivity contribution in [3.63, 3.8) is 0 Å². The second kappa shape index (κ2) is 3.23. The van der Waals surface area contributed by atoms with Crippen LogP contribution in [0.5, 0.6) is 0 Å². The van der Waals surface area contributed by atoms with Crippen molar-refractivity contribution in [3.05, 3.63) is 0 Å². The topological polar surface area (TPSA) is 49.3 Å². The van der Waals surface area contributed by atoms with Crippen molar-refractivity contribution in [3.8, 4) is 0 Å². The highest BCUT2D eigenvalue weighted by Gasteiger charge is 2.44. The summed E-state index contributed by atoms with van der Waals surface area (Å²) in [4.78, 5) is 10.8. The standard InChI is InChI=1S/C11H19NO2/c1-11(2,7-3-4-7)12-9-6-5-8(9)10(13)14/h7-9,12H,3-6H2,1-2H3,(H,13,14). The molecule has 2 atom stereocenters. The third-order valence-corrected chi connectivity index (χ3v) is 3.75. The van der Waals surface area contributed by atoms with E-state index >= 15 is 0 Å². The summed E-state index contributed by atoms with van der Waals surface area (Å²) >= 11 is 0. The van der Waals surface area contributed by atoms with Gasteiger partial charge >= 0.3 is 5.97 Å². The van der Waals surface area contributed by atoms with E-state index in [1.54, 1.807) is 0 Å². The summed E-state index contributed by atoms with van der Waals surface area (Å²) in [5.41, 5.74) is 0.138. The molecule has 0 aromatic rings. The van der Waals surface area contributed by atoms with E-state index in [4.69, 9.17) is 5.11 Å². The molecule has 0 aromatic heterocycles. The maximum atomic E-state index is 10.8. The van der Waals surface area contributed by atoms with E-state index in [0.717, 1.165) is 18.8 Å². The third-order valence-electron chi connectivity index (χ3n) is 3.75. The number of carbonyl (C=O) groups is 1. The van der Waals surface area contributed by atoms with E-state index < -0.39 is 5.97 Å². The molecule has 14 heavy (non-hydrogen) atoms. The monoisotopic (exact) mass is 197 g/mol. The molecule has 2 unspecified atom stereocenters. The van der Waals surface area contributed by atoms with E-state index in [1.165, 1.54) is 12.8 Å². The Morgan fingerprint density at radius 2 is 1.93 bits per heavy atom. The molecule has 0 heterocycles. The summed E-state index contributed by atoms with van der Waals surface area (Å²) in [5.74, 6) is -0.0223. The number of rotatable bonds is 4. The minimum atomic E-state index is -0.639. The average Bonchev–Trinajstić information content (AvgIpc) is 2.78. The Hall–Kier alpha value is -0.570. The Kier molecular flexibility index (Phi) is 2.30. The molecule has 2 rings (SSSR count). The van der Waals surface area contributed by atoms with Crippen molar-refractivity contribution in [2.45, 2.75) is 51.1 Å². The minimum absolute atomic E-state index is 0.138. The highest BCUT2D eigenvalue weighted by Crippen LogP contribution is 2.41. The second-order valence-corrected chi connectivity index (χ2v) is 5.27. The molecular weight excluding hydrogens is 178 g/mol. The number of hydrogen-bond donors (Lipinski definition) is 2. The first-order valence-electron chi connectivity index (χ1n) is 5.51. The zero-order valence-corrected chi connectivity index (χ0v) is 8.92. The fraction of sp³-hybridized carbons (Fsp3) is 0.909. The Morgan fingerprint density at radius 1 is 1.29 bits per heavy atom. The van der Waals surface area contributed by atoms with E-state index in [2.05, 4.69) is 19.2 Å². The lowest BCUT2D eigenvalue weighted by molar-refractivity contribution is -0.146. The fourth-order valence-electron chi connectivity index (χ4n) is 2.37. The number of nitrogens with one attached hydrogen (secondary N) is 1. The highest BCUT2D eigenvalue weighted by molar-refractivity contribution is 5.72. The molecule has 80 valence electrons. The second-order valence-electron chi connectivity index (χ2n) is 5.27. The number of carboxylic acids is 1. The Balaban J connectivity index is 1.88. The van der Waals surface area contributed by atoms with Gasteiger partial charge in [-0.05, 0) is 45.4 Å². The van der Waals surface area contributed by atoms with Crippen LogP contribution in [0.1, 0.15) is 39.5 Å². The maximum absolute atomic E-state index is 10.8. The van der Waals surface area contributed by atoms with Crippen LogP contribution in [0.3, 0.4) is 0 Å². The molecule has 0 bridgehead atoms. The van der Waals surface area contributed by atoms with Gasteiger partial charge in [-0.1, -0.05) is 0 Å². The molecule has 2 N–H and O–H groups in total. The van der Waals surface area contributed by atoms with Gasteiger partial charge in [-0.2, -0.15) is 0 Å². The van der Waals surface area contributed by atoms with Crippen LogP contribution in [-0.4, -0.2) is 22.7 Å². The maximum Gasteiger partial charge on any atom is 0.308 e. The smallest absolute Gasteiger partial charge is 0.308 e. The van der Waals surface area contributed by atoms with Crippen LogP contribution in [0, 0.1) is 11.8 Å². The van der Waals surface area contributed by atoms with Gasteiger partial charge in [0.05, 0.1) is 5.92 Å². The van der Waals surface area contributed by atoms with Crippen LogP contribution in [0.25, 0.3) is 0 Å². The SMILES string of the molecule is CC(C)(NC1CCC1C(=O)O)C1CC1. The molecular formula is C11H19NO2. The largest absolute Gasteiger partial charge is 0.481 e. The Bertz CT molecular complexity index is 246. The summed E-state index contributed by atoms with van der Waals surface area (Å²) < 4.78 is 0. The number of carboxylic acid groups (broad SMARTS) is 1. The van der Waals surface area contributed by atoms with Gasteiger partial charge in [0, 0.05) is 11.6 Å². The molecule has 0 aromatic carbocycles. The quantitative estimate of drug-likeness (QED) is 0.720. The third kappa shape index (κ3) is 1.78. The van der Waals surface area contributed by atoms with E-state index in [1.807, 2.05) is 0 Å². The molecule has 0 amide bonds. The van der Waals surface area contributed by atoms with Crippen LogP contribution in [0.15, 0.2) is 0 Å². The summed E-state index contributed by atoms with van der Waals surface area (Å²) in [6, 6.07) is 0.211. The van der Waals surface area contributed by atoms with E-state index in [9.17, 15) is 4.79 Å². The first-order chi connectivity index (χ1) is 6.50. The van der Waals surface area contributed by atoms with Gasteiger partial charge < -0.3 is 10.4 Å². The average molecular weight is 197 g/mol.